The minimum absolute atomic E-state index is 0.0925. The summed E-state index contributed by atoms with van der Waals surface area (Å²) in [6, 6.07) is 12.9. The van der Waals surface area contributed by atoms with Crippen molar-refractivity contribution in [3.8, 4) is 5.75 Å². The van der Waals surface area contributed by atoms with Crippen LogP contribution in [0.15, 0.2) is 78.7 Å². The van der Waals surface area contributed by atoms with Crippen LogP contribution in [0.5, 0.6) is 5.75 Å². The number of sulfonamides is 1. The second kappa shape index (κ2) is 12.3. The maximum atomic E-state index is 12.8. The summed E-state index contributed by atoms with van der Waals surface area (Å²) >= 11 is 5.21. The Morgan fingerprint density at radius 2 is 1.67 bits per heavy atom. The Labute approximate surface area is 201 Å². The molecule has 1 atom stereocenters. The zero-order valence-electron chi connectivity index (χ0n) is 18.8. The fraction of sp³-hybridized carbons (Fsp3) is 0.250. The van der Waals surface area contributed by atoms with Gasteiger partial charge in [0, 0.05) is 24.3 Å². The van der Waals surface area contributed by atoms with Crippen molar-refractivity contribution >= 4 is 38.9 Å². The first-order valence-electron chi connectivity index (χ1n) is 10.4. The molecule has 0 saturated heterocycles. The average molecular weight is 488 g/mol. The first-order valence-corrected chi connectivity index (χ1v) is 12.3. The van der Waals surface area contributed by atoms with E-state index >= 15 is 0 Å². The number of ether oxygens (including phenoxy) is 1. The van der Waals surface area contributed by atoms with Gasteiger partial charge in [0.2, 0.25) is 10.0 Å². The highest BCUT2D eigenvalue weighted by Gasteiger charge is 2.22. The van der Waals surface area contributed by atoms with E-state index in [-0.39, 0.29) is 35.1 Å². The number of carbonyl (C=O) groups is 1. The molecule has 0 bridgehead atoms. The molecule has 0 spiro atoms. The zero-order valence-corrected chi connectivity index (χ0v) is 20.4. The van der Waals surface area contributed by atoms with E-state index in [9.17, 15) is 13.2 Å². The largest absolute Gasteiger partial charge is 0.491 e. The number of nitrogens with one attached hydrogen (secondary N) is 2. The molecule has 33 heavy (non-hydrogen) atoms. The van der Waals surface area contributed by atoms with Gasteiger partial charge in [-0.25, -0.2) is 8.42 Å². The summed E-state index contributed by atoms with van der Waals surface area (Å²) in [4.78, 5) is 12.6. The number of amides is 1. The second-order valence-electron chi connectivity index (χ2n) is 7.19. The Kier molecular flexibility index (Phi) is 9.77. The van der Waals surface area contributed by atoms with Gasteiger partial charge in [-0.05, 0) is 74.1 Å². The van der Waals surface area contributed by atoms with Gasteiger partial charge in [0.15, 0.2) is 5.11 Å². The maximum Gasteiger partial charge on any atom is 0.257 e. The van der Waals surface area contributed by atoms with Crippen molar-refractivity contribution in [1.82, 2.24) is 9.62 Å². The molecule has 7 nitrogen and oxygen atoms in total. The van der Waals surface area contributed by atoms with Crippen molar-refractivity contribution in [3.05, 3.63) is 79.4 Å². The minimum Gasteiger partial charge on any atom is -0.491 e. The SMILES string of the molecule is C=CCN(CC=C)S(=O)(=O)c1ccc(NC(=S)NC(=O)c2ccc(OC(C)CC)cc2)cc1. The zero-order chi connectivity index (χ0) is 24.4. The smallest absolute Gasteiger partial charge is 0.257 e. The number of hydrogen-bond acceptors (Lipinski definition) is 5. The summed E-state index contributed by atoms with van der Waals surface area (Å²) in [7, 11) is -3.69. The van der Waals surface area contributed by atoms with Gasteiger partial charge in [0.1, 0.15) is 5.75 Å². The molecule has 0 fully saturated rings. The Balaban J connectivity index is 1.99. The van der Waals surface area contributed by atoms with Crippen LogP contribution in [0.25, 0.3) is 0 Å². The summed E-state index contributed by atoms with van der Waals surface area (Å²) in [5.74, 6) is 0.322. The van der Waals surface area contributed by atoms with Crippen LogP contribution in [0, 0.1) is 0 Å². The molecule has 0 aromatic heterocycles. The predicted molar refractivity (Wildman–Crippen MR) is 136 cm³/mol. The summed E-state index contributed by atoms with van der Waals surface area (Å²) in [6.07, 6.45) is 4.01. The number of carbonyl (C=O) groups excluding carboxylic acids is 1. The van der Waals surface area contributed by atoms with Crippen molar-refractivity contribution in [3.63, 3.8) is 0 Å². The summed E-state index contributed by atoms with van der Waals surface area (Å²) in [6.45, 7) is 11.6. The highest BCUT2D eigenvalue weighted by Crippen LogP contribution is 2.19. The molecule has 0 aliphatic heterocycles. The molecular formula is C24H29N3O4S2. The molecule has 0 aliphatic rings. The third-order valence-corrected chi connectivity index (χ3v) is 6.72. The number of benzene rings is 2. The fourth-order valence-corrected chi connectivity index (χ4v) is 4.35. The number of anilines is 1. The Morgan fingerprint density at radius 3 is 2.18 bits per heavy atom. The van der Waals surface area contributed by atoms with Crippen LogP contribution in [0.1, 0.15) is 30.6 Å². The normalized spacial score (nSPS) is 12.0. The number of thiocarbonyl (C=S) groups is 1. The van der Waals surface area contributed by atoms with Gasteiger partial charge in [0.05, 0.1) is 11.0 Å². The van der Waals surface area contributed by atoms with E-state index < -0.39 is 10.0 Å². The molecule has 0 saturated carbocycles. The monoisotopic (exact) mass is 487 g/mol. The Bertz CT molecular complexity index is 1070. The van der Waals surface area contributed by atoms with Crippen LogP contribution < -0.4 is 15.4 Å². The quantitative estimate of drug-likeness (QED) is 0.362. The minimum atomic E-state index is -3.69. The lowest BCUT2D eigenvalue weighted by molar-refractivity contribution is 0.0977. The van der Waals surface area contributed by atoms with Gasteiger partial charge in [-0.3, -0.25) is 10.1 Å². The molecule has 1 unspecified atom stereocenters. The van der Waals surface area contributed by atoms with E-state index in [4.69, 9.17) is 17.0 Å². The standard InChI is InChI=1S/C24H29N3O4S2/c1-5-16-27(17-6-2)33(29,30)22-14-10-20(11-15-22)25-24(32)26-23(28)19-8-12-21(13-9-19)31-18(4)7-3/h5-6,8-15,18H,1-2,7,16-17H2,3-4H3,(H2,25,26,28,32). The van der Waals surface area contributed by atoms with E-state index in [0.717, 1.165) is 6.42 Å². The third-order valence-electron chi connectivity index (χ3n) is 4.67. The third kappa shape index (κ3) is 7.52. The summed E-state index contributed by atoms with van der Waals surface area (Å²) in [5.41, 5.74) is 0.970. The topological polar surface area (TPSA) is 87.7 Å². The molecule has 0 radical (unpaired) electrons. The van der Waals surface area contributed by atoms with Gasteiger partial charge in [-0.15, -0.1) is 13.2 Å². The van der Waals surface area contributed by atoms with Gasteiger partial charge in [-0.2, -0.15) is 4.31 Å². The number of hydrogen-bond donors (Lipinski definition) is 2. The molecule has 2 aromatic rings. The van der Waals surface area contributed by atoms with E-state index in [1.165, 1.54) is 28.6 Å². The number of nitrogens with zero attached hydrogens (tertiary/aromatic N) is 1. The molecule has 9 heteroatoms. The lowest BCUT2D eigenvalue weighted by Gasteiger charge is -2.19. The summed E-state index contributed by atoms with van der Waals surface area (Å²) < 4.78 is 32.5. The van der Waals surface area contributed by atoms with Crippen LogP contribution in [-0.4, -0.2) is 42.9 Å². The average Bonchev–Trinajstić information content (AvgIpc) is 2.79. The van der Waals surface area contributed by atoms with Crippen LogP contribution >= 0.6 is 12.2 Å². The molecule has 0 heterocycles. The number of rotatable bonds is 11. The van der Waals surface area contributed by atoms with Crippen molar-refractivity contribution in [2.24, 2.45) is 0 Å². The first kappa shape index (κ1) is 26.2. The maximum absolute atomic E-state index is 12.8. The lowest BCUT2D eigenvalue weighted by atomic mass is 10.2. The molecule has 1 amide bonds. The highest BCUT2D eigenvalue weighted by atomic mass is 32.2. The molecule has 2 N–H and O–H groups in total. The van der Waals surface area contributed by atoms with Crippen molar-refractivity contribution in [2.75, 3.05) is 18.4 Å². The second-order valence-corrected chi connectivity index (χ2v) is 9.54. The van der Waals surface area contributed by atoms with Gasteiger partial charge >= 0.3 is 0 Å². The van der Waals surface area contributed by atoms with Gasteiger partial charge < -0.3 is 10.1 Å². The van der Waals surface area contributed by atoms with E-state index in [1.54, 1.807) is 36.4 Å². The Hall–Kier alpha value is -3.01. The van der Waals surface area contributed by atoms with Gasteiger partial charge in [-0.1, -0.05) is 19.1 Å². The van der Waals surface area contributed by atoms with Crippen LogP contribution in [0.4, 0.5) is 5.69 Å². The molecule has 2 aromatic carbocycles. The highest BCUT2D eigenvalue weighted by molar-refractivity contribution is 7.89. The Morgan fingerprint density at radius 1 is 1.09 bits per heavy atom. The van der Waals surface area contributed by atoms with E-state index in [1.807, 2.05) is 13.8 Å². The van der Waals surface area contributed by atoms with Gasteiger partial charge in [0.25, 0.3) is 5.91 Å². The van der Waals surface area contributed by atoms with Crippen molar-refractivity contribution in [1.29, 1.82) is 0 Å². The molecule has 176 valence electrons. The summed E-state index contributed by atoms with van der Waals surface area (Å²) in [5, 5.41) is 5.58. The molecule has 2 rings (SSSR count). The fourth-order valence-electron chi connectivity index (χ4n) is 2.76. The van der Waals surface area contributed by atoms with Crippen LogP contribution in [-0.2, 0) is 10.0 Å². The molecular weight excluding hydrogens is 458 g/mol. The molecule has 0 aliphatic carbocycles. The van der Waals surface area contributed by atoms with Crippen molar-refractivity contribution in [2.45, 2.75) is 31.3 Å². The van der Waals surface area contributed by atoms with E-state index in [0.29, 0.717) is 17.0 Å². The van der Waals surface area contributed by atoms with Crippen LogP contribution in [0.3, 0.4) is 0 Å². The first-order chi connectivity index (χ1) is 15.7. The predicted octanol–water partition coefficient (Wildman–Crippen LogP) is 4.35. The van der Waals surface area contributed by atoms with Crippen LogP contribution in [0.2, 0.25) is 0 Å². The van der Waals surface area contributed by atoms with E-state index in [2.05, 4.69) is 23.8 Å². The van der Waals surface area contributed by atoms with Crippen molar-refractivity contribution < 1.29 is 17.9 Å². The lowest BCUT2D eigenvalue weighted by Crippen LogP contribution is -2.34.